The van der Waals surface area contributed by atoms with Gasteiger partial charge in [-0.3, -0.25) is 4.79 Å². The summed E-state index contributed by atoms with van der Waals surface area (Å²) in [6.07, 6.45) is 3.36. The van der Waals surface area contributed by atoms with Crippen LogP contribution in [-0.4, -0.2) is 53.7 Å². The van der Waals surface area contributed by atoms with Crippen LogP contribution in [0.5, 0.6) is 0 Å². The summed E-state index contributed by atoms with van der Waals surface area (Å²) in [6, 6.07) is -0.811. The van der Waals surface area contributed by atoms with Crippen molar-refractivity contribution in [3.63, 3.8) is 0 Å². The predicted octanol–water partition coefficient (Wildman–Crippen LogP) is -1.76. The molecule has 8 nitrogen and oxygen atoms in total. The summed E-state index contributed by atoms with van der Waals surface area (Å²) in [5, 5.41) is 10.2. The maximum absolute atomic E-state index is 11.6. The third kappa shape index (κ3) is 5.79. The normalized spacial score (nSPS) is 13.2. The zero-order chi connectivity index (χ0) is 14.5. The lowest BCUT2D eigenvalue weighted by molar-refractivity contribution is -0.122. The van der Waals surface area contributed by atoms with Crippen molar-refractivity contribution < 1.29 is 13.2 Å². The van der Waals surface area contributed by atoms with E-state index in [4.69, 9.17) is 5.73 Å². The number of nitrogens with two attached hydrogens (primary N) is 1. The van der Waals surface area contributed by atoms with Crippen LogP contribution in [0.15, 0.2) is 6.33 Å². The van der Waals surface area contributed by atoms with E-state index in [1.807, 2.05) is 7.05 Å². The lowest BCUT2D eigenvalue weighted by atomic mass is 10.2. The molecule has 0 aliphatic rings. The van der Waals surface area contributed by atoms with Gasteiger partial charge in [0, 0.05) is 26.3 Å². The number of amides is 1. The van der Waals surface area contributed by atoms with E-state index in [0.29, 0.717) is 13.0 Å². The van der Waals surface area contributed by atoms with Crippen LogP contribution in [0.4, 0.5) is 0 Å². The van der Waals surface area contributed by atoms with Crippen LogP contribution in [0, 0.1) is 0 Å². The van der Waals surface area contributed by atoms with Crippen LogP contribution >= 0.6 is 0 Å². The number of hydrogen-bond donors (Lipinski definition) is 2. The number of aromatic nitrogens is 3. The second-order valence-electron chi connectivity index (χ2n) is 4.42. The van der Waals surface area contributed by atoms with Gasteiger partial charge in [-0.15, -0.1) is 10.2 Å². The maximum Gasteiger partial charge on any atom is 0.236 e. The van der Waals surface area contributed by atoms with Gasteiger partial charge in [0.15, 0.2) is 0 Å². The highest BCUT2D eigenvalue weighted by Gasteiger charge is 2.15. The Morgan fingerprint density at radius 3 is 2.79 bits per heavy atom. The van der Waals surface area contributed by atoms with Gasteiger partial charge in [-0.1, -0.05) is 0 Å². The van der Waals surface area contributed by atoms with Crippen molar-refractivity contribution in [2.24, 2.45) is 12.8 Å². The summed E-state index contributed by atoms with van der Waals surface area (Å²) >= 11 is 0. The highest BCUT2D eigenvalue weighted by Crippen LogP contribution is 1.95. The Hall–Kier alpha value is -1.48. The molecule has 3 N–H and O–H groups in total. The average Bonchev–Trinajstić information content (AvgIpc) is 2.71. The van der Waals surface area contributed by atoms with E-state index in [1.54, 1.807) is 10.9 Å². The average molecular weight is 289 g/mol. The first-order valence-electron chi connectivity index (χ1n) is 5.83. The van der Waals surface area contributed by atoms with Gasteiger partial charge >= 0.3 is 0 Å². The van der Waals surface area contributed by atoms with Gasteiger partial charge in [0.25, 0.3) is 0 Å². The smallest absolute Gasteiger partial charge is 0.236 e. The summed E-state index contributed by atoms with van der Waals surface area (Å²) in [6.45, 7) is 0.387. The molecule has 1 amide bonds. The number of nitrogens with zero attached hydrogens (tertiary/aromatic N) is 3. The van der Waals surface area contributed by atoms with E-state index in [9.17, 15) is 13.2 Å². The van der Waals surface area contributed by atoms with Gasteiger partial charge in [0.2, 0.25) is 5.91 Å². The lowest BCUT2D eigenvalue weighted by Crippen LogP contribution is -2.42. The van der Waals surface area contributed by atoms with E-state index in [2.05, 4.69) is 15.5 Å². The summed E-state index contributed by atoms with van der Waals surface area (Å²) in [7, 11) is -1.28. The van der Waals surface area contributed by atoms with Crippen LogP contribution in [-0.2, 0) is 28.1 Å². The molecule has 0 bridgehead atoms. The standard InChI is InChI=1S/C10H19N5O3S/c1-15-7-13-14-9(15)3-5-12-10(16)8(11)4-6-19(2,17)18/h7-8H,3-6,11H2,1-2H3,(H,12,16). The fourth-order valence-electron chi connectivity index (χ4n) is 1.43. The van der Waals surface area contributed by atoms with Gasteiger partial charge in [0.1, 0.15) is 22.0 Å². The van der Waals surface area contributed by atoms with Crippen molar-refractivity contribution in [3.8, 4) is 0 Å². The van der Waals surface area contributed by atoms with Crippen LogP contribution < -0.4 is 11.1 Å². The quantitative estimate of drug-likeness (QED) is 0.613. The van der Waals surface area contributed by atoms with Crippen molar-refractivity contribution in [2.75, 3.05) is 18.6 Å². The largest absolute Gasteiger partial charge is 0.354 e. The van der Waals surface area contributed by atoms with Crippen LogP contribution in [0.1, 0.15) is 12.2 Å². The molecule has 1 atom stereocenters. The minimum atomic E-state index is -3.10. The molecule has 19 heavy (non-hydrogen) atoms. The van der Waals surface area contributed by atoms with Crippen molar-refractivity contribution in [2.45, 2.75) is 18.9 Å². The Kier molecular flexibility index (Phi) is 5.43. The Bertz CT molecular complexity index is 525. The van der Waals surface area contributed by atoms with Crippen LogP contribution in [0.3, 0.4) is 0 Å². The van der Waals surface area contributed by atoms with Gasteiger partial charge < -0.3 is 15.6 Å². The summed E-state index contributed by atoms with van der Waals surface area (Å²) in [4.78, 5) is 11.6. The first-order valence-corrected chi connectivity index (χ1v) is 7.89. The molecule has 0 saturated heterocycles. The lowest BCUT2D eigenvalue weighted by Gasteiger charge is -2.11. The number of hydrogen-bond acceptors (Lipinski definition) is 6. The van der Waals surface area contributed by atoms with Crippen LogP contribution in [0.25, 0.3) is 0 Å². The first kappa shape index (κ1) is 15.6. The van der Waals surface area contributed by atoms with Crippen molar-refractivity contribution >= 4 is 15.7 Å². The molecule has 1 unspecified atom stereocenters. The monoisotopic (exact) mass is 289 g/mol. The molecule has 0 radical (unpaired) electrons. The van der Waals surface area contributed by atoms with Crippen LogP contribution in [0.2, 0.25) is 0 Å². The highest BCUT2D eigenvalue weighted by molar-refractivity contribution is 7.90. The van der Waals surface area contributed by atoms with Gasteiger partial charge in [-0.25, -0.2) is 8.42 Å². The third-order valence-corrected chi connectivity index (χ3v) is 3.57. The second-order valence-corrected chi connectivity index (χ2v) is 6.68. The van der Waals surface area contributed by atoms with Gasteiger partial charge in [-0.05, 0) is 6.42 Å². The molecule has 108 valence electrons. The molecular formula is C10H19N5O3S. The maximum atomic E-state index is 11.6. The Balaban J connectivity index is 2.29. The minimum Gasteiger partial charge on any atom is -0.354 e. The number of rotatable bonds is 7. The molecule has 0 aliphatic heterocycles. The van der Waals surface area contributed by atoms with E-state index in [-0.39, 0.29) is 18.1 Å². The zero-order valence-electron chi connectivity index (χ0n) is 11.0. The number of carbonyl (C=O) groups is 1. The molecular weight excluding hydrogens is 270 g/mol. The molecule has 9 heteroatoms. The van der Waals surface area contributed by atoms with Crippen molar-refractivity contribution in [1.82, 2.24) is 20.1 Å². The zero-order valence-corrected chi connectivity index (χ0v) is 11.9. The molecule has 0 aromatic carbocycles. The van der Waals surface area contributed by atoms with Gasteiger partial charge in [-0.2, -0.15) is 0 Å². The van der Waals surface area contributed by atoms with Crippen molar-refractivity contribution in [1.29, 1.82) is 0 Å². The first-order chi connectivity index (χ1) is 8.79. The topological polar surface area (TPSA) is 120 Å². The summed E-state index contributed by atoms with van der Waals surface area (Å²) in [5.74, 6) is 0.307. The fourth-order valence-corrected chi connectivity index (χ4v) is 2.12. The molecule has 0 spiro atoms. The number of aryl methyl sites for hydroxylation is 1. The molecule has 0 saturated carbocycles. The SMILES string of the molecule is Cn1cnnc1CCNC(=O)C(N)CCS(C)(=O)=O. The Morgan fingerprint density at radius 1 is 1.58 bits per heavy atom. The molecule has 0 aliphatic carbocycles. The number of sulfone groups is 1. The summed E-state index contributed by atoms with van der Waals surface area (Å²) < 4.78 is 23.7. The summed E-state index contributed by atoms with van der Waals surface area (Å²) in [5.41, 5.74) is 5.60. The van der Waals surface area contributed by atoms with Gasteiger partial charge in [0.05, 0.1) is 11.8 Å². The molecule has 1 rings (SSSR count). The van der Waals surface area contributed by atoms with Crippen molar-refractivity contribution in [3.05, 3.63) is 12.2 Å². The van der Waals surface area contributed by atoms with E-state index >= 15 is 0 Å². The fraction of sp³-hybridized carbons (Fsp3) is 0.700. The van der Waals surface area contributed by atoms with E-state index < -0.39 is 15.9 Å². The predicted molar refractivity (Wildman–Crippen MR) is 70.0 cm³/mol. The number of carbonyl (C=O) groups excluding carboxylic acids is 1. The third-order valence-electron chi connectivity index (χ3n) is 2.59. The number of nitrogens with one attached hydrogen (secondary N) is 1. The van der Waals surface area contributed by atoms with E-state index in [1.165, 1.54) is 0 Å². The Morgan fingerprint density at radius 2 is 2.26 bits per heavy atom. The Labute approximate surface area is 112 Å². The minimum absolute atomic E-state index is 0.0924. The second kappa shape index (κ2) is 6.62. The molecule has 1 heterocycles. The molecule has 0 fully saturated rings. The molecule has 1 aromatic heterocycles. The molecule has 1 aromatic rings. The highest BCUT2D eigenvalue weighted by atomic mass is 32.2. The van der Waals surface area contributed by atoms with E-state index in [0.717, 1.165) is 12.1 Å².